The second kappa shape index (κ2) is 11.6. The van der Waals surface area contributed by atoms with Crippen LogP contribution in [0.4, 0.5) is 26.0 Å². The molecule has 0 radical (unpaired) electrons. The zero-order chi connectivity index (χ0) is 29.3. The van der Waals surface area contributed by atoms with E-state index >= 15 is 0 Å². The van der Waals surface area contributed by atoms with Crippen molar-refractivity contribution in [3.63, 3.8) is 0 Å². The Bertz CT molecular complexity index is 1520. The predicted molar refractivity (Wildman–Crippen MR) is 159 cm³/mol. The quantitative estimate of drug-likeness (QED) is 0.287. The molecule has 4 heterocycles. The summed E-state index contributed by atoms with van der Waals surface area (Å²) in [5, 5.41) is 7.75. The van der Waals surface area contributed by atoms with E-state index in [9.17, 15) is 9.18 Å². The molecule has 3 aromatic heterocycles. The Morgan fingerprint density at radius 3 is 2.59 bits per heavy atom. The third-order valence-corrected chi connectivity index (χ3v) is 7.79. The number of carbonyl (C=O) groups is 1. The maximum atomic E-state index is 13.4. The Hall–Kier alpha value is -3.77. The van der Waals surface area contributed by atoms with E-state index in [4.69, 9.17) is 24.5 Å². The van der Waals surface area contributed by atoms with Crippen LogP contribution in [0.5, 0.6) is 0 Å². The molecule has 0 bridgehead atoms. The van der Waals surface area contributed by atoms with E-state index in [1.54, 1.807) is 24.1 Å². The number of thiazole rings is 1. The SMILES string of the molecule is CCc1nc2ccc(N3CCN(C(=O)OC(C)(C)C)C(COC)C3)nn2c1N(C)c1nc(-c2ccc(F)cc2)cs1. The van der Waals surface area contributed by atoms with Crippen molar-refractivity contribution in [2.45, 2.75) is 45.8 Å². The van der Waals surface area contributed by atoms with Crippen molar-refractivity contribution < 1.29 is 18.7 Å². The molecule has 1 saturated heterocycles. The molecular formula is C29H36FN7O3S. The highest BCUT2D eigenvalue weighted by atomic mass is 32.1. The van der Waals surface area contributed by atoms with E-state index in [1.165, 1.54) is 23.5 Å². The van der Waals surface area contributed by atoms with Crippen molar-refractivity contribution >= 4 is 39.8 Å². The van der Waals surface area contributed by atoms with Crippen LogP contribution in [0.15, 0.2) is 41.8 Å². The van der Waals surface area contributed by atoms with Gasteiger partial charge in [0.05, 0.1) is 24.0 Å². The molecule has 0 aliphatic carbocycles. The standard InChI is InChI=1S/C29H36FN7O3S/c1-7-22-26(34(5)27-32-23(18-41-27)19-8-10-20(30)11-9-19)37-24(31-22)12-13-25(33-37)35-14-15-36(21(16-35)17-39-6)28(38)40-29(2,3)4/h8-13,18,21H,7,14-17H2,1-6H3. The second-order valence-electron chi connectivity index (χ2n) is 11.0. The maximum absolute atomic E-state index is 13.4. The average molecular weight is 582 g/mol. The largest absolute Gasteiger partial charge is 0.444 e. The van der Waals surface area contributed by atoms with Gasteiger partial charge in [0.1, 0.15) is 17.2 Å². The molecule has 5 rings (SSSR count). The van der Waals surface area contributed by atoms with Crippen LogP contribution in [0.2, 0.25) is 0 Å². The summed E-state index contributed by atoms with van der Waals surface area (Å²) in [6.45, 7) is 9.70. The molecule has 12 heteroatoms. The number of aryl methyl sites for hydroxylation is 1. The number of nitrogens with zero attached hydrogens (tertiary/aromatic N) is 7. The fourth-order valence-electron chi connectivity index (χ4n) is 4.92. The molecule has 0 saturated carbocycles. The molecule has 1 aliphatic heterocycles. The van der Waals surface area contributed by atoms with Gasteiger partial charge in [0.25, 0.3) is 0 Å². The zero-order valence-electron chi connectivity index (χ0n) is 24.3. The summed E-state index contributed by atoms with van der Waals surface area (Å²) < 4.78 is 26.4. The minimum atomic E-state index is -0.573. The molecule has 1 fully saturated rings. The van der Waals surface area contributed by atoms with Crippen molar-refractivity contribution in [3.8, 4) is 11.3 Å². The highest BCUT2D eigenvalue weighted by Crippen LogP contribution is 2.34. The van der Waals surface area contributed by atoms with Crippen LogP contribution >= 0.6 is 11.3 Å². The fourth-order valence-corrected chi connectivity index (χ4v) is 5.72. The number of carbonyl (C=O) groups excluding carboxylic acids is 1. The lowest BCUT2D eigenvalue weighted by molar-refractivity contribution is 0.00337. The number of methoxy groups -OCH3 is 1. The Morgan fingerprint density at radius 1 is 1.15 bits per heavy atom. The molecule has 0 N–H and O–H groups in total. The number of amides is 1. The van der Waals surface area contributed by atoms with E-state index in [0.29, 0.717) is 26.2 Å². The van der Waals surface area contributed by atoms with Gasteiger partial charge in [-0.1, -0.05) is 6.92 Å². The summed E-state index contributed by atoms with van der Waals surface area (Å²) in [5.41, 5.74) is 2.71. The maximum Gasteiger partial charge on any atom is 0.410 e. The lowest BCUT2D eigenvalue weighted by Crippen LogP contribution is -2.58. The lowest BCUT2D eigenvalue weighted by atomic mass is 10.1. The van der Waals surface area contributed by atoms with Gasteiger partial charge < -0.3 is 19.3 Å². The highest BCUT2D eigenvalue weighted by Gasteiger charge is 2.34. The van der Waals surface area contributed by atoms with E-state index in [-0.39, 0.29) is 18.0 Å². The molecular weight excluding hydrogens is 545 g/mol. The van der Waals surface area contributed by atoms with E-state index in [0.717, 1.165) is 45.8 Å². The number of ether oxygens (including phenoxy) is 2. The molecule has 218 valence electrons. The molecule has 4 aromatic rings. The van der Waals surface area contributed by atoms with Gasteiger partial charge in [0.2, 0.25) is 0 Å². The monoisotopic (exact) mass is 581 g/mol. The summed E-state index contributed by atoms with van der Waals surface area (Å²) in [6, 6.07) is 10.1. The van der Waals surface area contributed by atoms with Gasteiger partial charge in [-0.3, -0.25) is 4.90 Å². The Balaban J connectivity index is 1.43. The number of halogens is 1. The number of anilines is 3. The number of rotatable bonds is 7. The smallest absolute Gasteiger partial charge is 0.410 e. The molecule has 1 amide bonds. The molecule has 0 spiro atoms. The van der Waals surface area contributed by atoms with E-state index in [2.05, 4.69) is 11.8 Å². The van der Waals surface area contributed by atoms with Crippen LogP contribution in [-0.2, 0) is 15.9 Å². The highest BCUT2D eigenvalue weighted by molar-refractivity contribution is 7.14. The lowest BCUT2D eigenvalue weighted by Gasteiger charge is -2.41. The number of imidazole rings is 1. The first-order valence-electron chi connectivity index (χ1n) is 13.6. The van der Waals surface area contributed by atoms with Gasteiger partial charge in [-0.15, -0.1) is 16.4 Å². The molecule has 1 aromatic carbocycles. The van der Waals surface area contributed by atoms with Gasteiger partial charge in [-0.25, -0.2) is 19.2 Å². The molecule has 1 unspecified atom stereocenters. The second-order valence-corrected chi connectivity index (χ2v) is 11.8. The molecule has 1 atom stereocenters. The summed E-state index contributed by atoms with van der Waals surface area (Å²) in [5.74, 6) is 1.34. The average Bonchev–Trinajstić information content (AvgIpc) is 3.57. The summed E-state index contributed by atoms with van der Waals surface area (Å²) in [4.78, 5) is 28.5. The van der Waals surface area contributed by atoms with Gasteiger partial charge in [-0.2, -0.15) is 4.52 Å². The Labute approximate surface area is 243 Å². The minimum Gasteiger partial charge on any atom is -0.444 e. The topological polar surface area (TPSA) is 88.3 Å². The zero-order valence-corrected chi connectivity index (χ0v) is 25.1. The van der Waals surface area contributed by atoms with Crippen LogP contribution in [-0.4, -0.2) is 82.6 Å². The van der Waals surface area contributed by atoms with E-state index < -0.39 is 5.60 Å². The summed E-state index contributed by atoms with van der Waals surface area (Å²) >= 11 is 1.51. The van der Waals surface area contributed by atoms with Crippen LogP contribution in [0.25, 0.3) is 16.9 Å². The number of aromatic nitrogens is 4. The van der Waals surface area contributed by atoms with Crippen LogP contribution in [0.1, 0.15) is 33.4 Å². The van der Waals surface area contributed by atoms with Gasteiger partial charge in [-0.05, 0) is 63.6 Å². The Morgan fingerprint density at radius 2 is 1.90 bits per heavy atom. The van der Waals surface area contributed by atoms with Crippen molar-refractivity contribution in [1.82, 2.24) is 24.5 Å². The first kappa shape index (κ1) is 28.7. The summed E-state index contributed by atoms with van der Waals surface area (Å²) in [6.07, 6.45) is 0.385. The van der Waals surface area contributed by atoms with Crippen LogP contribution < -0.4 is 9.80 Å². The van der Waals surface area contributed by atoms with E-state index in [1.807, 2.05) is 54.7 Å². The summed E-state index contributed by atoms with van der Waals surface area (Å²) in [7, 11) is 3.59. The number of fused-ring (bicyclic) bond motifs is 1. The molecule has 1 aliphatic rings. The van der Waals surface area contributed by atoms with Crippen LogP contribution in [0.3, 0.4) is 0 Å². The van der Waals surface area contributed by atoms with Crippen LogP contribution in [0, 0.1) is 5.82 Å². The number of piperazine rings is 1. The predicted octanol–water partition coefficient (Wildman–Crippen LogP) is 5.39. The minimum absolute atomic E-state index is 0.183. The third kappa shape index (κ3) is 6.13. The van der Waals surface area contributed by atoms with Gasteiger partial charge in [0, 0.05) is 44.7 Å². The van der Waals surface area contributed by atoms with Gasteiger partial charge in [0.15, 0.2) is 16.6 Å². The molecule has 41 heavy (non-hydrogen) atoms. The Kier molecular flexibility index (Phi) is 8.14. The fraction of sp³-hybridized carbons (Fsp3) is 0.448. The van der Waals surface area contributed by atoms with Crippen molar-refractivity contribution in [1.29, 1.82) is 0 Å². The van der Waals surface area contributed by atoms with Gasteiger partial charge >= 0.3 is 6.09 Å². The van der Waals surface area contributed by atoms with Crippen molar-refractivity contribution in [2.75, 3.05) is 50.2 Å². The first-order chi connectivity index (χ1) is 19.6. The normalized spacial score (nSPS) is 15.9. The van der Waals surface area contributed by atoms with Crippen molar-refractivity contribution in [2.24, 2.45) is 0 Å². The number of hydrogen-bond donors (Lipinski definition) is 0. The first-order valence-corrected chi connectivity index (χ1v) is 14.5. The third-order valence-electron chi connectivity index (χ3n) is 6.87. The van der Waals surface area contributed by atoms with Crippen molar-refractivity contribution in [3.05, 3.63) is 53.3 Å². The number of hydrogen-bond acceptors (Lipinski definition) is 9. The number of benzene rings is 1. The molecule has 10 nitrogen and oxygen atoms in total.